The molecule has 0 radical (unpaired) electrons. The van der Waals surface area contributed by atoms with Gasteiger partial charge in [-0.25, -0.2) is 13.4 Å². The Morgan fingerprint density at radius 1 is 1.16 bits per heavy atom. The maximum atomic E-state index is 12.0. The molecule has 2 aromatic rings. The molecule has 100 valence electrons. The quantitative estimate of drug-likeness (QED) is 0.836. The van der Waals surface area contributed by atoms with Crippen molar-refractivity contribution in [3.63, 3.8) is 0 Å². The van der Waals surface area contributed by atoms with Crippen molar-refractivity contribution in [2.24, 2.45) is 0 Å². The van der Waals surface area contributed by atoms with Crippen LogP contribution in [-0.4, -0.2) is 13.4 Å². The van der Waals surface area contributed by atoms with Gasteiger partial charge in [-0.2, -0.15) is 0 Å². The van der Waals surface area contributed by atoms with E-state index >= 15 is 0 Å². The lowest BCUT2D eigenvalue weighted by Crippen LogP contribution is -2.15. The normalized spacial score (nSPS) is 11.2. The number of rotatable bonds is 4. The minimum absolute atomic E-state index is 0.108. The van der Waals surface area contributed by atoms with Gasteiger partial charge in [-0.05, 0) is 36.2 Å². The van der Waals surface area contributed by atoms with Crippen molar-refractivity contribution < 1.29 is 8.42 Å². The highest BCUT2D eigenvalue weighted by atomic mass is 32.2. The lowest BCUT2D eigenvalue weighted by Gasteiger charge is -2.07. The van der Waals surface area contributed by atoms with Crippen LogP contribution in [0.5, 0.6) is 0 Å². The summed E-state index contributed by atoms with van der Waals surface area (Å²) in [5.41, 5.74) is 7.81. The van der Waals surface area contributed by atoms with Gasteiger partial charge < -0.3 is 5.73 Å². The van der Waals surface area contributed by atoms with Crippen molar-refractivity contribution in [1.29, 1.82) is 0 Å². The van der Waals surface area contributed by atoms with Gasteiger partial charge in [-0.1, -0.05) is 18.2 Å². The zero-order valence-electron chi connectivity index (χ0n) is 10.5. The Labute approximate surface area is 112 Å². The van der Waals surface area contributed by atoms with Crippen molar-refractivity contribution in [2.45, 2.75) is 12.7 Å². The summed E-state index contributed by atoms with van der Waals surface area (Å²) in [5.74, 6) is 0.212. The van der Waals surface area contributed by atoms with Gasteiger partial charge in [0.1, 0.15) is 5.82 Å². The molecule has 0 fully saturated rings. The van der Waals surface area contributed by atoms with E-state index in [1.807, 2.05) is 6.92 Å². The van der Waals surface area contributed by atoms with E-state index in [9.17, 15) is 8.42 Å². The first-order chi connectivity index (χ1) is 8.94. The second kappa shape index (κ2) is 5.27. The number of hydrogen-bond acceptors (Lipinski definition) is 4. The Morgan fingerprint density at radius 2 is 1.84 bits per heavy atom. The van der Waals surface area contributed by atoms with E-state index in [1.165, 1.54) is 0 Å². The third-order valence-electron chi connectivity index (χ3n) is 2.51. The number of aryl methyl sites for hydroxylation is 1. The van der Waals surface area contributed by atoms with Crippen LogP contribution in [0.15, 0.2) is 42.6 Å². The van der Waals surface area contributed by atoms with Crippen LogP contribution in [0.4, 0.5) is 11.5 Å². The van der Waals surface area contributed by atoms with E-state index < -0.39 is 10.0 Å². The number of pyridine rings is 1. The molecule has 0 saturated carbocycles. The molecule has 1 aromatic carbocycles. The van der Waals surface area contributed by atoms with Crippen LogP contribution in [-0.2, 0) is 15.8 Å². The van der Waals surface area contributed by atoms with Gasteiger partial charge in [0, 0.05) is 11.9 Å². The molecule has 19 heavy (non-hydrogen) atoms. The minimum atomic E-state index is -3.47. The van der Waals surface area contributed by atoms with Gasteiger partial charge in [0.25, 0.3) is 0 Å². The van der Waals surface area contributed by atoms with Crippen molar-refractivity contribution in [3.05, 3.63) is 53.7 Å². The Bertz CT molecular complexity index is 596. The summed E-state index contributed by atoms with van der Waals surface area (Å²) in [4.78, 5) is 4.01. The highest BCUT2D eigenvalue weighted by Gasteiger charge is 2.12. The molecule has 0 spiro atoms. The largest absolute Gasteiger partial charge is 0.399 e. The number of nitrogens with zero attached hydrogens (tertiary/aromatic N) is 1. The molecular formula is C13H15N3O2S. The highest BCUT2D eigenvalue weighted by Crippen LogP contribution is 2.12. The maximum absolute atomic E-state index is 12.0. The molecule has 5 nitrogen and oxygen atoms in total. The molecule has 1 aromatic heterocycles. The second-order valence-electron chi connectivity index (χ2n) is 4.32. The number of hydrogen-bond donors (Lipinski definition) is 2. The Morgan fingerprint density at radius 3 is 2.42 bits per heavy atom. The Balaban J connectivity index is 2.10. The Hall–Kier alpha value is -2.08. The summed E-state index contributed by atoms with van der Waals surface area (Å²) in [6.07, 6.45) is 1.61. The predicted molar refractivity (Wildman–Crippen MR) is 76.1 cm³/mol. The van der Waals surface area contributed by atoms with E-state index in [4.69, 9.17) is 5.73 Å². The van der Waals surface area contributed by atoms with Crippen molar-refractivity contribution in [3.8, 4) is 0 Å². The molecule has 0 aliphatic rings. The third kappa shape index (κ3) is 3.96. The van der Waals surface area contributed by atoms with Crippen LogP contribution in [0.1, 0.15) is 11.1 Å². The summed E-state index contributed by atoms with van der Waals surface area (Å²) < 4.78 is 26.4. The highest BCUT2D eigenvalue weighted by molar-refractivity contribution is 7.91. The average Bonchev–Trinajstić information content (AvgIpc) is 2.34. The number of nitrogens with two attached hydrogens (primary N) is 1. The molecule has 0 amide bonds. The predicted octanol–water partition coefficient (Wildman–Crippen LogP) is 1.91. The van der Waals surface area contributed by atoms with Crippen LogP contribution in [0.2, 0.25) is 0 Å². The van der Waals surface area contributed by atoms with Gasteiger partial charge in [0.15, 0.2) is 0 Å². The van der Waals surface area contributed by atoms with Gasteiger partial charge in [-0.3, -0.25) is 4.72 Å². The molecule has 0 bridgehead atoms. The first kappa shape index (κ1) is 13.4. The third-order valence-corrected chi connectivity index (χ3v) is 3.74. The van der Waals surface area contributed by atoms with Crippen LogP contribution in [0, 0.1) is 6.92 Å². The van der Waals surface area contributed by atoms with E-state index in [-0.39, 0.29) is 5.75 Å². The lowest BCUT2D eigenvalue weighted by molar-refractivity contribution is 0.600. The lowest BCUT2D eigenvalue weighted by atomic mass is 10.2. The van der Waals surface area contributed by atoms with Gasteiger partial charge in [0.05, 0.1) is 5.75 Å². The number of nitrogens with one attached hydrogen (secondary N) is 1. The molecule has 0 saturated heterocycles. The second-order valence-corrected chi connectivity index (χ2v) is 6.05. The molecule has 2 rings (SSSR count). The number of anilines is 2. The minimum Gasteiger partial charge on any atom is -0.399 e. The molecule has 6 heteroatoms. The topological polar surface area (TPSA) is 85.1 Å². The maximum Gasteiger partial charge on any atom is 0.238 e. The van der Waals surface area contributed by atoms with E-state index in [0.717, 1.165) is 5.56 Å². The van der Waals surface area contributed by atoms with E-state index in [0.29, 0.717) is 17.1 Å². The van der Waals surface area contributed by atoms with Crippen LogP contribution >= 0.6 is 0 Å². The fourth-order valence-corrected chi connectivity index (χ4v) is 2.70. The zero-order valence-corrected chi connectivity index (χ0v) is 11.3. The van der Waals surface area contributed by atoms with Crippen molar-refractivity contribution in [1.82, 2.24) is 4.98 Å². The number of aromatic nitrogens is 1. The van der Waals surface area contributed by atoms with E-state index in [2.05, 4.69) is 9.71 Å². The summed E-state index contributed by atoms with van der Waals surface area (Å²) in [5, 5.41) is 0. The van der Waals surface area contributed by atoms with E-state index in [1.54, 1.807) is 42.6 Å². The van der Waals surface area contributed by atoms with Gasteiger partial charge in [0.2, 0.25) is 10.0 Å². The monoisotopic (exact) mass is 277 g/mol. The fraction of sp³-hybridized carbons (Fsp3) is 0.154. The summed E-state index contributed by atoms with van der Waals surface area (Å²) in [6, 6.07) is 10.2. The average molecular weight is 277 g/mol. The molecule has 3 N–H and O–H groups in total. The SMILES string of the molecule is Cc1ccc(NS(=O)(=O)Cc2ccc(N)cc2)nc1. The summed E-state index contributed by atoms with van der Waals surface area (Å²) >= 11 is 0. The molecule has 1 heterocycles. The number of sulfonamides is 1. The van der Waals surface area contributed by atoms with Crippen LogP contribution < -0.4 is 10.5 Å². The molecule has 0 unspecified atom stereocenters. The molecule has 0 atom stereocenters. The summed E-state index contributed by atoms with van der Waals surface area (Å²) in [6.45, 7) is 1.89. The van der Waals surface area contributed by atoms with Gasteiger partial charge >= 0.3 is 0 Å². The van der Waals surface area contributed by atoms with Crippen molar-refractivity contribution in [2.75, 3.05) is 10.5 Å². The van der Waals surface area contributed by atoms with Gasteiger partial charge in [-0.15, -0.1) is 0 Å². The first-order valence-electron chi connectivity index (χ1n) is 5.72. The first-order valence-corrected chi connectivity index (χ1v) is 7.37. The Kier molecular flexibility index (Phi) is 3.71. The van der Waals surface area contributed by atoms with Crippen molar-refractivity contribution >= 4 is 21.5 Å². The summed E-state index contributed by atoms with van der Waals surface area (Å²) in [7, 11) is -3.47. The standard InChI is InChI=1S/C13H15N3O2S/c1-10-2-7-13(15-8-10)16-19(17,18)9-11-3-5-12(14)6-4-11/h2-8H,9,14H2,1H3,(H,15,16). The van der Waals surface area contributed by atoms with Crippen LogP contribution in [0.25, 0.3) is 0 Å². The smallest absolute Gasteiger partial charge is 0.238 e. The molecule has 0 aliphatic carbocycles. The molecule has 0 aliphatic heterocycles. The number of nitrogen functional groups attached to an aromatic ring is 1. The molecular weight excluding hydrogens is 262 g/mol. The fourth-order valence-electron chi connectivity index (χ4n) is 1.56. The zero-order chi connectivity index (χ0) is 13.9. The van der Waals surface area contributed by atoms with Crippen LogP contribution in [0.3, 0.4) is 0 Å². The number of benzene rings is 1.